The summed E-state index contributed by atoms with van der Waals surface area (Å²) in [4.78, 5) is 26.3. The van der Waals surface area contributed by atoms with Crippen LogP contribution in [-0.2, 0) is 9.53 Å². The van der Waals surface area contributed by atoms with E-state index in [0.29, 0.717) is 11.4 Å². The number of pyridine rings is 1. The molecule has 0 bridgehead atoms. The van der Waals surface area contributed by atoms with Crippen LogP contribution >= 0.6 is 0 Å². The Morgan fingerprint density at radius 1 is 1.30 bits per heavy atom. The first kappa shape index (κ1) is 19.1. The van der Waals surface area contributed by atoms with Gasteiger partial charge in [-0.3, -0.25) is 15.1 Å². The molecule has 0 aliphatic carbocycles. The van der Waals surface area contributed by atoms with E-state index in [2.05, 4.69) is 20.4 Å². The van der Waals surface area contributed by atoms with Gasteiger partial charge in [0.1, 0.15) is 11.8 Å². The van der Waals surface area contributed by atoms with Gasteiger partial charge in [-0.25, -0.2) is 4.79 Å². The molecule has 0 radical (unpaired) electrons. The van der Waals surface area contributed by atoms with E-state index < -0.39 is 10.9 Å². The summed E-state index contributed by atoms with van der Waals surface area (Å²) in [5, 5.41) is 25.6. The fourth-order valence-corrected chi connectivity index (χ4v) is 1.97. The van der Waals surface area contributed by atoms with Gasteiger partial charge in [-0.1, -0.05) is 12.1 Å². The van der Waals surface area contributed by atoms with Crippen molar-refractivity contribution < 1.29 is 14.5 Å². The maximum atomic E-state index is 11.9. The largest absolute Gasteiger partial charge is 0.464 e. The molecule has 2 aromatic rings. The number of non-ortho nitro benzene ring substituents is 1. The van der Waals surface area contributed by atoms with Gasteiger partial charge >= 0.3 is 5.97 Å². The van der Waals surface area contributed by atoms with E-state index in [1.54, 1.807) is 30.5 Å². The molecule has 0 fully saturated rings. The van der Waals surface area contributed by atoms with Crippen LogP contribution in [0.1, 0.15) is 5.69 Å². The summed E-state index contributed by atoms with van der Waals surface area (Å²) in [7, 11) is 1.21. The number of hydrogen-bond acceptors (Lipinski definition) is 8. The van der Waals surface area contributed by atoms with Crippen LogP contribution in [-0.4, -0.2) is 23.0 Å². The summed E-state index contributed by atoms with van der Waals surface area (Å²) in [5.74, 6) is -0.692. The number of esters is 1. The van der Waals surface area contributed by atoms with Gasteiger partial charge in [-0.15, -0.1) is 0 Å². The Bertz CT molecular complexity index is 932. The minimum Gasteiger partial charge on any atom is -0.464 e. The van der Waals surface area contributed by atoms with Gasteiger partial charge in [0.25, 0.3) is 5.69 Å². The Labute approximate surface area is 154 Å². The Morgan fingerprint density at radius 3 is 2.74 bits per heavy atom. The number of nitrogens with one attached hydrogen (secondary N) is 2. The number of nitro groups is 1. The number of carbonyl (C=O) groups is 1. The molecule has 1 aromatic carbocycles. The Kier molecular flexibility index (Phi) is 6.62. The minimum absolute atomic E-state index is 0.00677. The quantitative estimate of drug-likeness (QED) is 0.252. The van der Waals surface area contributed by atoms with Gasteiger partial charge in [0.05, 0.1) is 23.3 Å². The molecule has 27 heavy (non-hydrogen) atoms. The SMILES string of the molecule is COC(=O)/C(=C/Nc1cccc([N+](=O)[O-])c1)N/C=C(/C#N)c1ccccn1. The molecule has 0 unspecified atom stereocenters. The van der Waals surface area contributed by atoms with E-state index >= 15 is 0 Å². The van der Waals surface area contributed by atoms with Crippen molar-refractivity contribution in [1.29, 1.82) is 5.26 Å². The van der Waals surface area contributed by atoms with Gasteiger partial charge in [-0.05, 0) is 18.2 Å². The lowest BCUT2D eigenvalue weighted by atomic mass is 10.2. The van der Waals surface area contributed by atoms with E-state index in [-0.39, 0.29) is 17.0 Å². The molecule has 2 N–H and O–H groups in total. The van der Waals surface area contributed by atoms with Crippen molar-refractivity contribution in [1.82, 2.24) is 10.3 Å². The Balaban J connectivity index is 2.22. The molecule has 0 amide bonds. The van der Waals surface area contributed by atoms with Crippen molar-refractivity contribution in [2.75, 3.05) is 12.4 Å². The highest BCUT2D eigenvalue weighted by molar-refractivity contribution is 5.89. The van der Waals surface area contributed by atoms with Gasteiger partial charge in [0, 0.05) is 36.4 Å². The van der Waals surface area contributed by atoms with Crippen LogP contribution in [0.2, 0.25) is 0 Å². The van der Waals surface area contributed by atoms with Gasteiger partial charge in [0.2, 0.25) is 0 Å². The molecule has 0 saturated carbocycles. The molecule has 0 atom stereocenters. The van der Waals surface area contributed by atoms with Crippen LogP contribution in [0.3, 0.4) is 0 Å². The number of hydrogen-bond donors (Lipinski definition) is 2. The molecule has 0 aliphatic rings. The molecule has 9 heteroatoms. The van der Waals surface area contributed by atoms with Crippen molar-refractivity contribution >= 4 is 22.9 Å². The van der Waals surface area contributed by atoms with Crippen molar-refractivity contribution in [3.8, 4) is 6.07 Å². The van der Waals surface area contributed by atoms with E-state index in [9.17, 15) is 20.2 Å². The van der Waals surface area contributed by atoms with Crippen molar-refractivity contribution in [2.45, 2.75) is 0 Å². The lowest BCUT2D eigenvalue weighted by Crippen LogP contribution is -2.18. The van der Waals surface area contributed by atoms with Crippen LogP contribution in [0.5, 0.6) is 0 Å². The molecular formula is C18H15N5O4. The number of methoxy groups -OCH3 is 1. The van der Waals surface area contributed by atoms with Gasteiger partial charge < -0.3 is 15.4 Å². The standard InChI is InChI=1S/C18H15N5O4/c1-27-18(24)17(12-21-14-5-4-6-15(9-14)23(25)26)22-11-13(10-19)16-7-2-3-8-20-16/h2-9,11-12,21-22H,1H3/b13-11-,17-12-. The molecular weight excluding hydrogens is 350 g/mol. The van der Waals surface area contributed by atoms with Crippen LogP contribution in [0.4, 0.5) is 11.4 Å². The first-order valence-corrected chi connectivity index (χ1v) is 7.63. The van der Waals surface area contributed by atoms with Crippen LogP contribution < -0.4 is 10.6 Å². The van der Waals surface area contributed by atoms with Crippen LogP contribution in [0.25, 0.3) is 5.57 Å². The zero-order chi connectivity index (χ0) is 19.6. The Hall–Kier alpha value is -4.19. The van der Waals surface area contributed by atoms with Crippen molar-refractivity contribution in [3.05, 3.63) is 82.6 Å². The molecule has 0 spiro atoms. The van der Waals surface area contributed by atoms with Crippen molar-refractivity contribution in [2.24, 2.45) is 0 Å². The lowest BCUT2D eigenvalue weighted by Gasteiger charge is -2.07. The summed E-state index contributed by atoms with van der Waals surface area (Å²) >= 11 is 0. The second kappa shape index (κ2) is 9.33. The number of allylic oxidation sites excluding steroid dienone is 1. The summed E-state index contributed by atoms with van der Waals surface area (Å²) < 4.78 is 4.69. The number of benzene rings is 1. The fourth-order valence-electron chi connectivity index (χ4n) is 1.97. The normalized spacial score (nSPS) is 11.3. The lowest BCUT2D eigenvalue weighted by molar-refractivity contribution is -0.384. The second-order valence-corrected chi connectivity index (χ2v) is 5.03. The summed E-state index contributed by atoms with van der Waals surface area (Å²) in [5.41, 5.74) is 0.946. The predicted molar refractivity (Wildman–Crippen MR) is 97.8 cm³/mol. The number of nitriles is 1. The zero-order valence-electron chi connectivity index (χ0n) is 14.2. The van der Waals surface area contributed by atoms with E-state index in [4.69, 9.17) is 0 Å². The fraction of sp³-hybridized carbons (Fsp3) is 0.0556. The molecule has 136 valence electrons. The molecule has 9 nitrogen and oxygen atoms in total. The van der Waals surface area contributed by atoms with Crippen molar-refractivity contribution in [3.63, 3.8) is 0 Å². The average molecular weight is 365 g/mol. The first-order valence-electron chi connectivity index (χ1n) is 7.63. The zero-order valence-corrected chi connectivity index (χ0v) is 14.2. The number of carbonyl (C=O) groups excluding carboxylic acids is 1. The molecule has 0 aliphatic heterocycles. The van der Waals surface area contributed by atoms with Gasteiger partial charge in [-0.2, -0.15) is 5.26 Å². The number of nitro benzene ring substituents is 1. The van der Waals surface area contributed by atoms with Crippen LogP contribution in [0.15, 0.2) is 66.8 Å². The number of ether oxygens (including phenoxy) is 1. The highest BCUT2D eigenvalue weighted by Crippen LogP contribution is 2.17. The average Bonchev–Trinajstić information content (AvgIpc) is 2.71. The smallest absolute Gasteiger partial charge is 0.355 e. The monoisotopic (exact) mass is 365 g/mol. The topological polar surface area (TPSA) is 130 Å². The number of nitrogens with zero attached hydrogens (tertiary/aromatic N) is 3. The first-order chi connectivity index (χ1) is 13.0. The van der Waals surface area contributed by atoms with Gasteiger partial charge in [0.15, 0.2) is 0 Å². The van der Waals surface area contributed by atoms with Crippen LogP contribution in [0, 0.1) is 21.4 Å². The summed E-state index contributed by atoms with van der Waals surface area (Å²) in [6.07, 6.45) is 4.15. The number of aromatic nitrogens is 1. The van der Waals surface area contributed by atoms with E-state index in [0.717, 1.165) is 0 Å². The minimum atomic E-state index is -0.692. The summed E-state index contributed by atoms with van der Waals surface area (Å²) in [6.45, 7) is 0. The predicted octanol–water partition coefficient (Wildman–Crippen LogP) is 2.57. The summed E-state index contributed by atoms with van der Waals surface area (Å²) in [6, 6.07) is 12.9. The highest BCUT2D eigenvalue weighted by atomic mass is 16.6. The third kappa shape index (κ3) is 5.40. The highest BCUT2D eigenvalue weighted by Gasteiger charge is 2.10. The Morgan fingerprint density at radius 2 is 2.11 bits per heavy atom. The maximum Gasteiger partial charge on any atom is 0.355 e. The number of anilines is 1. The third-order valence-electron chi connectivity index (χ3n) is 3.28. The molecule has 1 heterocycles. The maximum absolute atomic E-state index is 11.9. The molecule has 0 saturated heterocycles. The number of rotatable bonds is 7. The van der Waals surface area contributed by atoms with E-state index in [1.807, 2.05) is 6.07 Å². The second-order valence-electron chi connectivity index (χ2n) is 5.03. The molecule has 1 aromatic heterocycles. The molecule has 2 rings (SSSR count). The van der Waals surface area contributed by atoms with E-state index in [1.165, 1.54) is 37.7 Å². The third-order valence-corrected chi connectivity index (χ3v) is 3.28.